The van der Waals surface area contributed by atoms with Crippen LogP contribution in [0.5, 0.6) is 0 Å². The van der Waals surface area contributed by atoms with E-state index < -0.39 is 0 Å². The van der Waals surface area contributed by atoms with Gasteiger partial charge in [0.05, 0.1) is 11.4 Å². The van der Waals surface area contributed by atoms with Gasteiger partial charge in [-0.3, -0.25) is 9.59 Å². The van der Waals surface area contributed by atoms with Gasteiger partial charge in [0.25, 0.3) is 0 Å². The highest BCUT2D eigenvalue weighted by Gasteiger charge is 2.44. The number of ketones is 2. The van der Waals surface area contributed by atoms with Crippen molar-refractivity contribution in [2.75, 3.05) is 0 Å². The summed E-state index contributed by atoms with van der Waals surface area (Å²) in [6.45, 7) is 3.63. The maximum atomic E-state index is 12.7. The van der Waals surface area contributed by atoms with Gasteiger partial charge in [-0.15, -0.1) is 0 Å². The highest BCUT2D eigenvalue weighted by molar-refractivity contribution is 6.26. The fourth-order valence-corrected chi connectivity index (χ4v) is 3.46. The molecule has 4 aliphatic rings. The first-order chi connectivity index (χ1) is 9.58. The third-order valence-electron chi connectivity index (χ3n) is 4.62. The van der Waals surface area contributed by atoms with E-state index in [9.17, 15) is 9.59 Å². The van der Waals surface area contributed by atoms with E-state index in [1.807, 2.05) is 13.8 Å². The summed E-state index contributed by atoms with van der Waals surface area (Å²) in [7, 11) is 0. The minimum atomic E-state index is -0.0933. The Morgan fingerprint density at radius 1 is 0.850 bits per heavy atom. The number of carbonyl (C=O) groups excluding carboxylic acids is 2. The molecule has 0 saturated heterocycles. The molecule has 0 radical (unpaired) electrons. The normalized spacial score (nSPS) is 26.9. The minimum Gasteiger partial charge on any atom is -0.287 e. The molecule has 0 saturated carbocycles. The SMILES string of the molecule is Cc1nc2c(nc1C)C(=O)C1=C(C2=O)[C@@H]2C=C[C@@H]1CC2. The first-order valence-electron chi connectivity index (χ1n) is 6.95. The molecule has 0 unspecified atom stereocenters. The molecule has 0 N–H and O–H groups in total. The van der Waals surface area contributed by atoms with Crippen molar-refractivity contribution in [1.82, 2.24) is 9.97 Å². The standard InChI is InChI=1S/C16H14N2O2/c1-7-8(2)18-14-13(17-7)15(19)11-9-3-5-10(6-4-9)12(11)16(14)20/h3,5,9-10H,4,6H2,1-2H3/t9-,10-/m1/s1. The molecule has 5 rings (SSSR count). The zero-order valence-corrected chi connectivity index (χ0v) is 11.4. The summed E-state index contributed by atoms with van der Waals surface area (Å²) in [6.07, 6.45) is 6.04. The Kier molecular flexibility index (Phi) is 2.18. The molecular weight excluding hydrogens is 252 g/mol. The van der Waals surface area contributed by atoms with Crippen LogP contribution in [0, 0.1) is 25.7 Å². The van der Waals surface area contributed by atoms with Gasteiger partial charge < -0.3 is 0 Å². The van der Waals surface area contributed by atoms with Gasteiger partial charge in [-0.05, 0) is 26.7 Å². The second-order valence-electron chi connectivity index (χ2n) is 5.75. The molecule has 1 aromatic heterocycles. The van der Waals surface area contributed by atoms with Crippen molar-refractivity contribution in [3.63, 3.8) is 0 Å². The van der Waals surface area contributed by atoms with Crippen LogP contribution in [0.2, 0.25) is 0 Å². The van der Waals surface area contributed by atoms with Crippen LogP contribution in [0.4, 0.5) is 0 Å². The first-order valence-corrected chi connectivity index (χ1v) is 6.95. The van der Waals surface area contributed by atoms with E-state index in [-0.39, 0.29) is 34.8 Å². The third-order valence-corrected chi connectivity index (χ3v) is 4.62. The molecule has 0 amide bonds. The Bertz CT molecular complexity index is 682. The molecular formula is C16H14N2O2. The largest absolute Gasteiger partial charge is 0.287 e. The Hall–Kier alpha value is -2.10. The molecule has 2 atom stereocenters. The van der Waals surface area contributed by atoms with Gasteiger partial charge in [0.2, 0.25) is 11.6 Å². The van der Waals surface area contributed by atoms with Gasteiger partial charge in [0.1, 0.15) is 11.4 Å². The van der Waals surface area contributed by atoms with Gasteiger partial charge >= 0.3 is 0 Å². The Morgan fingerprint density at radius 3 is 1.60 bits per heavy atom. The van der Waals surface area contributed by atoms with Crippen molar-refractivity contribution < 1.29 is 9.59 Å². The monoisotopic (exact) mass is 266 g/mol. The molecule has 4 nitrogen and oxygen atoms in total. The molecule has 0 aromatic carbocycles. The summed E-state index contributed by atoms with van der Waals surface area (Å²) < 4.78 is 0. The van der Waals surface area contributed by atoms with Crippen molar-refractivity contribution in [1.29, 1.82) is 0 Å². The van der Waals surface area contributed by atoms with E-state index in [0.717, 1.165) is 12.8 Å². The number of rotatable bonds is 0. The van der Waals surface area contributed by atoms with Crippen LogP contribution in [0.1, 0.15) is 45.2 Å². The number of allylic oxidation sites excluding steroid dienone is 4. The van der Waals surface area contributed by atoms with Crippen molar-refractivity contribution in [3.8, 4) is 0 Å². The summed E-state index contributed by atoms with van der Waals surface area (Å²) in [5, 5.41) is 0. The summed E-state index contributed by atoms with van der Waals surface area (Å²) >= 11 is 0. The smallest absolute Gasteiger partial charge is 0.210 e. The molecule has 20 heavy (non-hydrogen) atoms. The number of aryl methyl sites for hydroxylation is 2. The van der Waals surface area contributed by atoms with Crippen LogP contribution < -0.4 is 0 Å². The number of fused-ring (bicyclic) bond motifs is 2. The zero-order chi connectivity index (χ0) is 14.0. The van der Waals surface area contributed by atoms with E-state index >= 15 is 0 Å². The van der Waals surface area contributed by atoms with Gasteiger partial charge in [-0.2, -0.15) is 0 Å². The van der Waals surface area contributed by atoms with E-state index in [4.69, 9.17) is 0 Å². The number of aromatic nitrogens is 2. The predicted molar refractivity (Wildman–Crippen MR) is 72.5 cm³/mol. The minimum absolute atomic E-state index is 0.0861. The first kappa shape index (κ1) is 11.7. The molecule has 100 valence electrons. The molecule has 0 fully saturated rings. The molecule has 1 aromatic rings. The summed E-state index contributed by atoms with van der Waals surface area (Å²) in [5.41, 5.74) is 3.28. The second-order valence-corrected chi connectivity index (χ2v) is 5.75. The molecule has 4 heteroatoms. The van der Waals surface area contributed by atoms with Crippen LogP contribution in [-0.2, 0) is 0 Å². The molecule has 2 bridgehead atoms. The molecule has 1 heterocycles. The predicted octanol–water partition coefficient (Wildman–Crippen LogP) is 2.37. The fourth-order valence-electron chi connectivity index (χ4n) is 3.46. The lowest BCUT2D eigenvalue weighted by Gasteiger charge is -2.36. The summed E-state index contributed by atoms with van der Waals surface area (Å²) in [4.78, 5) is 34.1. The highest BCUT2D eigenvalue weighted by atomic mass is 16.1. The van der Waals surface area contributed by atoms with Crippen molar-refractivity contribution in [2.45, 2.75) is 26.7 Å². The average Bonchev–Trinajstić information content (AvgIpc) is 2.47. The summed E-state index contributed by atoms with van der Waals surface area (Å²) in [5.74, 6) is -0.0143. The van der Waals surface area contributed by atoms with Crippen LogP contribution in [0.15, 0.2) is 23.3 Å². The molecule has 0 spiro atoms. The number of hydrogen-bond acceptors (Lipinski definition) is 4. The van der Waals surface area contributed by atoms with Gasteiger partial charge in [0.15, 0.2) is 0 Å². The average molecular weight is 266 g/mol. The lowest BCUT2D eigenvalue weighted by atomic mass is 9.66. The van der Waals surface area contributed by atoms with E-state index in [1.54, 1.807) is 0 Å². The van der Waals surface area contributed by atoms with Crippen LogP contribution >= 0.6 is 0 Å². The van der Waals surface area contributed by atoms with E-state index in [2.05, 4.69) is 22.1 Å². The number of nitrogens with zero attached hydrogens (tertiary/aromatic N) is 2. The Labute approximate surface area is 116 Å². The van der Waals surface area contributed by atoms with Crippen molar-refractivity contribution in [2.24, 2.45) is 11.8 Å². The zero-order valence-electron chi connectivity index (χ0n) is 11.4. The number of hydrogen-bond donors (Lipinski definition) is 0. The Balaban J connectivity index is 1.98. The fraction of sp³-hybridized carbons (Fsp3) is 0.375. The third kappa shape index (κ3) is 1.31. The second kappa shape index (κ2) is 3.72. The summed E-state index contributed by atoms with van der Waals surface area (Å²) in [6, 6.07) is 0. The van der Waals surface area contributed by atoms with Gasteiger partial charge in [-0.1, -0.05) is 12.2 Å². The topological polar surface area (TPSA) is 59.9 Å². The quantitative estimate of drug-likeness (QED) is 0.676. The van der Waals surface area contributed by atoms with Gasteiger partial charge in [-0.25, -0.2) is 9.97 Å². The van der Waals surface area contributed by atoms with Crippen molar-refractivity contribution in [3.05, 3.63) is 46.1 Å². The number of carbonyl (C=O) groups is 2. The maximum absolute atomic E-state index is 12.7. The van der Waals surface area contributed by atoms with Crippen LogP contribution in [-0.4, -0.2) is 21.5 Å². The maximum Gasteiger partial charge on any atom is 0.210 e. The number of Topliss-reactive ketones (excluding diaryl/α,β-unsaturated/α-hetero) is 2. The lowest BCUT2D eigenvalue weighted by Crippen LogP contribution is -2.36. The lowest BCUT2D eigenvalue weighted by molar-refractivity contribution is 0.0941. The molecule has 0 aliphatic heterocycles. The molecule has 4 aliphatic carbocycles. The van der Waals surface area contributed by atoms with E-state index in [1.165, 1.54) is 0 Å². The van der Waals surface area contributed by atoms with Crippen LogP contribution in [0.3, 0.4) is 0 Å². The Morgan fingerprint density at radius 2 is 1.25 bits per heavy atom. The van der Waals surface area contributed by atoms with Crippen LogP contribution in [0.25, 0.3) is 0 Å². The van der Waals surface area contributed by atoms with Crippen molar-refractivity contribution >= 4 is 11.6 Å². The highest BCUT2D eigenvalue weighted by Crippen LogP contribution is 2.45. The van der Waals surface area contributed by atoms with Gasteiger partial charge in [0, 0.05) is 23.0 Å². The van der Waals surface area contributed by atoms with E-state index in [0.29, 0.717) is 22.5 Å².